The predicted octanol–water partition coefficient (Wildman–Crippen LogP) is 0.394. The smallest absolute Gasteiger partial charge is 0.251 e. The number of β-amino-alcohol motifs (C(OH)–C–C–N with tert-alkyl or cyclic N) is 1. The fourth-order valence-corrected chi connectivity index (χ4v) is 2.26. The van der Waals surface area contributed by atoms with Crippen molar-refractivity contribution in [2.24, 2.45) is 0 Å². The van der Waals surface area contributed by atoms with Crippen LogP contribution in [-0.2, 0) is 0 Å². The first-order valence-electron chi connectivity index (χ1n) is 5.63. The van der Waals surface area contributed by atoms with Crippen molar-refractivity contribution in [3.05, 3.63) is 34.2 Å². The molecule has 16 heavy (non-hydrogen) atoms. The number of likely N-dealkylation sites (tertiary alicyclic amines) is 1. The first-order valence-corrected chi connectivity index (χ1v) is 5.63. The van der Waals surface area contributed by atoms with Gasteiger partial charge < -0.3 is 14.6 Å². The van der Waals surface area contributed by atoms with Crippen LogP contribution in [-0.4, -0.2) is 40.8 Å². The lowest BCUT2D eigenvalue weighted by Gasteiger charge is -2.34. The molecule has 0 unspecified atom stereocenters. The van der Waals surface area contributed by atoms with Crippen molar-refractivity contribution in [1.82, 2.24) is 9.47 Å². The molecule has 2 atom stereocenters. The molecule has 1 saturated heterocycles. The number of rotatable bonds is 1. The Morgan fingerprint density at radius 3 is 2.88 bits per heavy atom. The van der Waals surface area contributed by atoms with Crippen LogP contribution in [0.5, 0.6) is 0 Å². The molecule has 0 saturated carbocycles. The van der Waals surface area contributed by atoms with E-state index in [0.29, 0.717) is 6.54 Å². The van der Waals surface area contributed by atoms with Crippen LogP contribution in [0.3, 0.4) is 0 Å². The molecule has 4 heteroatoms. The molecule has 2 rings (SSSR count). The molecule has 0 bridgehead atoms. The van der Waals surface area contributed by atoms with Crippen molar-refractivity contribution in [3.8, 4) is 0 Å². The number of hydrogen-bond acceptors (Lipinski definition) is 3. The van der Waals surface area contributed by atoms with E-state index in [0.717, 1.165) is 18.5 Å². The zero-order chi connectivity index (χ0) is 11.7. The highest BCUT2D eigenvalue weighted by Gasteiger charge is 2.27. The lowest BCUT2D eigenvalue weighted by Crippen LogP contribution is -2.45. The molecule has 1 fully saturated rings. The van der Waals surface area contributed by atoms with E-state index in [1.54, 1.807) is 16.8 Å². The molecule has 0 aromatic carbocycles. The second-order valence-corrected chi connectivity index (χ2v) is 4.64. The number of pyridine rings is 1. The number of piperidine rings is 1. The summed E-state index contributed by atoms with van der Waals surface area (Å²) in [6.45, 7) is 3.45. The molecule has 4 nitrogen and oxygen atoms in total. The maximum atomic E-state index is 11.8. The summed E-state index contributed by atoms with van der Waals surface area (Å²) < 4.78 is 1.66. The van der Waals surface area contributed by atoms with Gasteiger partial charge in [0.2, 0.25) is 0 Å². The highest BCUT2D eigenvalue weighted by molar-refractivity contribution is 5.09. The standard InChI is InChI=1S/C12H18N2O2/c1-9-3-6-14(12(16)7-9)10-4-5-13(2)8-11(10)15/h3,6-7,10-11,15H,4-5,8H2,1-2H3/t10-,11-/m0/s1. The van der Waals surface area contributed by atoms with Crippen LogP contribution < -0.4 is 5.56 Å². The van der Waals surface area contributed by atoms with Crippen molar-refractivity contribution < 1.29 is 5.11 Å². The highest BCUT2D eigenvalue weighted by atomic mass is 16.3. The molecule has 1 aromatic heterocycles. The van der Waals surface area contributed by atoms with Gasteiger partial charge in [0.1, 0.15) is 0 Å². The second kappa shape index (κ2) is 4.39. The number of aliphatic hydroxyl groups is 1. The van der Waals surface area contributed by atoms with Crippen LogP contribution in [0.4, 0.5) is 0 Å². The molecule has 1 aliphatic rings. The number of nitrogens with zero attached hydrogens (tertiary/aromatic N) is 2. The van der Waals surface area contributed by atoms with Crippen molar-refractivity contribution in [2.45, 2.75) is 25.5 Å². The zero-order valence-electron chi connectivity index (χ0n) is 9.76. The maximum absolute atomic E-state index is 11.8. The Bertz CT molecular complexity index is 427. The van der Waals surface area contributed by atoms with Gasteiger partial charge in [0.25, 0.3) is 5.56 Å². The summed E-state index contributed by atoms with van der Waals surface area (Å²) in [7, 11) is 1.98. The third-order valence-electron chi connectivity index (χ3n) is 3.21. The topological polar surface area (TPSA) is 45.5 Å². The minimum absolute atomic E-state index is 0.0198. The van der Waals surface area contributed by atoms with Gasteiger partial charge in [0.05, 0.1) is 12.1 Å². The molecular formula is C12H18N2O2. The van der Waals surface area contributed by atoms with Crippen LogP contribution in [0.15, 0.2) is 23.1 Å². The Morgan fingerprint density at radius 1 is 1.50 bits per heavy atom. The van der Waals surface area contributed by atoms with E-state index >= 15 is 0 Å². The number of likely N-dealkylation sites (N-methyl/N-ethyl adjacent to an activating group) is 1. The Morgan fingerprint density at radius 2 is 2.25 bits per heavy atom. The molecule has 0 aliphatic carbocycles. The number of aryl methyl sites for hydroxylation is 1. The summed E-state index contributed by atoms with van der Waals surface area (Å²) in [4.78, 5) is 13.9. The van der Waals surface area contributed by atoms with Gasteiger partial charge in [-0.1, -0.05) is 0 Å². The van der Waals surface area contributed by atoms with E-state index in [1.807, 2.05) is 20.0 Å². The molecule has 88 valence electrons. The molecule has 0 radical (unpaired) electrons. The summed E-state index contributed by atoms with van der Waals surface area (Å²) in [5.41, 5.74) is 0.942. The second-order valence-electron chi connectivity index (χ2n) is 4.64. The van der Waals surface area contributed by atoms with Crippen molar-refractivity contribution in [3.63, 3.8) is 0 Å². The summed E-state index contributed by atoms with van der Waals surface area (Å²) >= 11 is 0. The summed E-state index contributed by atoms with van der Waals surface area (Å²) in [5.74, 6) is 0. The average molecular weight is 222 g/mol. The van der Waals surface area contributed by atoms with Gasteiger partial charge in [-0.3, -0.25) is 4.79 Å². The molecular weight excluding hydrogens is 204 g/mol. The summed E-state index contributed by atoms with van der Waals surface area (Å²) in [6, 6.07) is 3.45. The van der Waals surface area contributed by atoms with E-state index in [1.165, 1.54) is 0 Å². The van der Waals surface area contributed by atoms with Crippen LogP contribution in [0.1, 0.15) is 18.0 Å². The zero-order valence-corrected chi connectivity index (χ0v) is 9.76. The number of hydrogen-bond donors (Lipinski definition) is 1. The van der Waals surface area contributed by atoms with Crippen LogP contribution in [0, 0.1) is 6.92 Å². The largest absolute Gasteiger partial charge is 0.390 e. The van der Waals surface area contributed by atoms with E-state index in [9.17, 15) is 9.90 Å². The van der Waals surface area contributed by atoms with E-state index in [-0.39, 0.29) is 11.6 Å². The molecule has 1 aromatic rings. The molecule has 0 spiro atoms. The average Bonchev–Trinajstić information content (AvgIpc) is 2.19. The van der Waals surface area contributed by atoms with Gasteiger partial charge in [0, 0.05) is 25.4 Å². The predicted molar refractivity (Wildman–Crippen MR) is 62.6 cm³/mol. The molecule has 2 heterocycles. The van der Waals surface area contributed by atoms with Crippen LogP contribution in [0.2, 0.25) is 0 Å². The summed E-state index contributed by atoms with van der Waals surface area (Å²) in [5, 5.41) is 9.99. The minimum Gasteiger partial charge on any atom is -0.390 e. The fraction of sp³-hybridized carbons (Fsp3) is 0.583. The van der Waals surface area contributed by atoms with E-state index in [4.69, 9.17) is 0 Å². The normalized spacial score (nSPS) is 26.9. The van der Waals surface area contributed by atoms with Crippen molar-refractivity contribution >= 4 is 0 Å². The summed E-state index contributed by atoms with van der Waals surface area (Å²) in [6.07, 6.45) is 2.15. The van der Waals surface area contributed by atoms with Crippen molar-refractivity contribution in [2.75, 3.05) is 20.1 Å². The first kappa shape index (κ1) is 11.4. The SMILES string of the molecule is Cc1ccn([C@H]2CCN(C)C[C@@H]2O)c(=O)c1. The Hall–Kier alpha value is -1.13. The van der Waals surface area contributed by atoms with Gasteiger partial charge in [0.15, 0.2) is 0 Å². The number of aliphatic hydroxyl groups excluding tert-OH is 1. The van der Waals surface area contributed by atoms with E-state index in [2.05, 4.69) is 4.90 Å². The molecule has 1 aliphatic heterocycles. The fourth-order valence-electron chi connectivity index (χ4n) is 2.26. The Labute approximate surface area is 95.1 Å². The quantitative estimate of drug-likeness (QED) is 0.748. The Balaban J connectivity index is 2.27. The third kappa shape index (κ3) is 2.18. The first-order chi connectivity index (χ1) is 7.58. The highest BCUT2D eigenvalue weighted by Crippen LogP contribution is 2.20. The minimum atomic E-state index is -0.459. The lowest BCUT2D eigenvalue weighted by atomic mass is 10.0. The van der Waals surface area contributed by atoms with E-state index < -0.39 is 6.10 Å². The van der Waals surface area contributed by atoms with Gasteiger partial charge in [-0.05, 0) is 32.0 Å². The monoisotopic (exact) mass is 222 g/mol. The van der Waals surface area contributed by atoms with Gasteiger partial charge in [-0.2, -0.15) is 0 Å². The van der Waals surface area contributed by atoms with Gasteiger partial charge >= 0.3 is 0 Å². The molecule has 0 amide bonds. The molecule has 1 N–H and O–H groups in total. The van der Waals surface area contributed by atoms with Gasteiger partial charge in [-0.25, -0.2) is 0 Å². The number of aromatic nitrogens is 1. The van der Waals surface area contributed by atoms with Gasteiger partial charge in [-0.15, -0.1) is 0 Å². The Kier molecular flexibility index (Phi) is 3.12. The van der Waals surface area contributed by atoms with Crippen LogP contribution in [0.25, 0.3) is 0 Å². The van der Waals surface area contributed by atoms with Crippen LogP contribution >= 0.6 is 0 Å². The van der Waals surface area contributed by atoms with Crippen molar-refractivity contribution in [1.29, 1.82) is 0 Å². The third-order valence-corrected chi connectivity index (χ3v) is 3.21. The maximum Gasteiger partial charge on any atom is 0.251 e. The lowest BCUT2D eigenvalue weighted by molar-refractivity contribution is 0.0366.